The zero-order valence-electron chi connectivity index (χ0n) is 18.8. The Morgan fingerprint density at radius 1 is 0.971 bits per heavy atom. The Morgan fingerprint density at radius 2 is 1.74 bits per heavy atom. The number of sulfonamides is 1. The number of tetrazole rings is 1. The Labute approximate surface area is 197 Å². The first kappa shape index (κ1) is 22.6. The van der Waals surface area contributed by atoms with Crippen LogP contribution in [0.1, 0.15) is 26.2 Å². The summed E-state index contributed by atoms with van der Waals surface area (Å²) in [6.45, 7) is 4.72. The van der Waals surface area contributed by atoms with Gasteiger partial charge in [0.25, 0.3) is 0 Å². The molecule has 34 heavy (non-hydrogen) atoms. The number of nitrogens with one attached hydrogen (secondary N) is 1. The molecule has 0 aliphatic carbocycles. The number of aromatic nitrogens is 6. The predicted molar refractivity (Wildman–Crippen MR) is 123 cm³/mol. The molecule has 2 aromatic heterocycles. The van der Waals surface area contributed by atoms with Gasteiger partial charge in [-0.1, -0.05) is 0 Å². The third-order valence-corrected chi connectivity index (χ3v) is 8.35. The Morgan fingerprint density at radius 3 is 2.41 bits per heavy atom. The number of aromatic amines is 1. The lowest BCUT2D eigenvalue weighted by molar-refractivity contribution is 0.383. The largest absolute Gasteiger partial charge is 0.352 e. The van der Waals surface area contributed by atoms with E-state index in [1.807, 2.05) is 17.0 Å². The summed E-state index contributed by atoms with van der Waals surface area (Å²) in [7, 11) is -3.81. The normalized spacial score (nSPS) is 20.0. The molecule has 1 atom stereocenters. The van der Waals surface area contributed by atoms with Crippen molar-refractivity contribution in [2.75, 3.05) is 42.5 Å². The van der Waals surface area contributed by atoms with Crippen molar-refractivity contribution in [3.8, 4) is 11.4 Å². The Balaban J connectivity index is 1.26. The Bertz CT molecular complexity index is 1230. The van der Waals surface area contributed by atoms with Gasteiger partial charge in [-0.2, -0.15) is 9.52 Å². The van der Waals surface area contributed by atoms with Gasteiger partial charge >= 0.3 is 0 Å². The summed E-state index contributed by atoms with van der Waals surface area (Å²) in [4.78, 5) is 4.30. The van der Waals surface area contributed by atoms with Crippen molar-refractivity contribution in [3.63, 3.8) is 0 Å². The molecule has 2 fully saturated rings. The molecule has 1 aromatic carbocycles. The average Bonchev–Trinajstić information content (AvgIpc) is 3.40. The molecule has 2 aliphatic rings. The number of piperazine rings is 1. The highest BCUT2D eigenvalue weighted by atomic mass is 32.2. The minimum atomic E-state index is -3.81. The van der Waals surface area contributed by atoms with Gasteiger partial charge in [0.05, 0.1) is 10.5 Å². The fourth-order valence-electron chi connectivity index (χ4n) is 4.50. The summed E-state index contributed by atoms with van der Waals surface area (Å²) in [5, 5.41) is 22.0. The maximum atomic E-state index is 14.2. The summed E-state index contributed by atoms with van der Waals surface area (Å²) in [5.41, 5.74) is -0.0214. The van der Waals surface area contributed by atoms with Gasteiger partial charge in [0.2, 0.25) is 15.8 Å². The van der Waals surface area contributed by atoms with Crippen LogP contribution in [0, 0.1) is 5.82 Å². The number of benzene rings is 1. The maximum absolute atomic E-state index is 14.2. The van der Waals surface area contributed by atoms with Crippen molar-refractivity contribution in [2.24, 2.45) is 0 Å². The van der Waals surface area contributed by atoms with Crippen LogP contribution in [0.2, 0.25) is 0 Å². The van der Waals surface area contributed by atoms with Crippen molar-refractivity contribution >= 4 is 21.7 Å². The fourth-order valence-corrected chi connectivity index (χ4v) is 5.95. The van der Waals surface area contributed by atoms with E-state index in [0.29, 0.717) is 19.1 Å². The lowest BCUT2D eigenvalue weighted by atomic mass is 10.0. The van der Waals surface area contributed by atoms with Crippen LogP contribution in [0.25, 0.3) is 11.4 Å². The molecule has 4 heterocycles. The molecule has 2 aliphatic heterocycles. The first-order valence-electron chi connectivity index (χ1n) is 11.3. The molecule has 5 rings (SSSR count). The molecule has 3 aromatic rings. The monoisotopic (exact) mass is 487 g/mol. The van der Waals surface area contributed by atoms with Crippen LogP contribution in [0.4, 0.5) is 16.0 Å². The third kappa shape index (κ3) is 4.32. The van der Waals surface area contributed by atoms with Crippen molar-refractivity contribution in [1.29, 1.82) is 0 Å². The summed E-state index contributed by atoms with van der Waals surface area (Å²) in [6.07, 6.45) is 3.56. The number of piperidine rings is 1. The summed E-state index contributed by atoms with van der Waals surface area (Å²) in [5.74, 6) is 0.990. The van der Waals surface area contributed by atoms with E-state index in [2.05, 4.69) is 42.6 Å². The van der Waals surface area contributed by atoms with E-state index in [1.54, 1.807) is 0 Å². The number of nitrogens with zero attached hydrogens (tertiary/aromatic N) is 8. The van der Waals surface area contributed by atoms with Gasteiger partial charge < -0.3 is 9.80 Å². The Kier molecular flexibility index (Phi) is 6.13. The second-order valence-electron chi connectivity index (χ2n) is 8.56. The number of halogens is 1. The summed E-state index contributed by atoms with van der Waals surface area (Å²) in [6, 6.07) is 8.00. The topological polar surface area (TPSA) is 124 Å². The van der Waals surface area contributed by atoms with Crippen LogP contribution < -0.4 is 9.80 Å². The second-order valence-corrected chi connectivity index (χ2v) is 10.5. The molecule has 11 nitrogen and oxygen atoms in total. The van der Waals surface area contributed by atoms with Crippen LogP contribution in [-0.2, 0) is 10.0 Å². The average molecular weight is 488 g/mol. The fraction of sp³-hybridized carbons (Fsp3) is 0.476. The molecule has 1 N–H and O–H groups in total. The number of hydrogen-bond donors (Lipinski definition) is 1. The molecule has 0 saturated carbocycles. The molecule has 2 saturated heterocycles. The minimum Gasteiger partial charge on any atom is -0.352 e. The number of rotatable bonds is 5. The standard InChI is InChI=1S/C21H26FN9O2S/c1-15-4-2-3-9-31(15)20-8-7-19(23-24-20)29-10-12-30(13-11-29)34(32,33)16-5-6-18(22)17(14-16)21-25-27-28-26-21/h5-8,14-15H,2-4,9-13H2,1H3,(H,25,26,27,28). The van der Waals surface area contributed by atoms with Crippen molar-refractivity contribution in [3.05, 3.63) is 36.1 Å². The van der Waals surface area contributed by atoms with E-state index >= 15 is 0 Å². The summed E-state index contributed by atoms with van der Waals surface area (Å²) >= 11 is 0. The SMILES string of the molecule is CC1CCCCN1c1ccc(N2CCN(S(=O)(=O)c3ccc(F)c(-c4nn[nH]n4)c3)CC2)nn1. The molecule has 1 unspecified atom stereocenters. The second kappa shape index (κ2) is 9.22. The van der Waals surface area contributed by atoms with Gasteiger partial charge in [-0.15, -0.1) is 20.4 Å². The van der Waals surface area contributed by atoms with Gasteiger partial charge in [-0.25, -0.2) is 12.8 Å². The molecular weight excluding hydrogens is 461 g/mol. The lowest BCUT2D eigenvalue weighted by Crippen LogP contribution is -2.49. The van der Waals surface area contributed by atoms with Gasteiger partial charge in [0, 0.05) is 38.8 Å². The van der Waals surface area contributed by atoms with Crippen LogP contribution >= 0.6 is 0 Å². The van der Waals surface area contributed by atoms with E-state index in [0.717, 1.165) is 37.1 Å². The van der Waals surface area contributed by atoms with E-state index in [-0.39, 0.29) is 29.4 Å². The van der Waals surface area contributed by atoms with Crippen molar-refractivity contribution in [2.45, 2.75) is 37.1 Å². The molecule has 180 valence electrons. The van der Waals surface area contributed by atoms with Crippen LogP contribution in [0.5, 0.6) is 0 Å². The van der Waals surface area contributed by atoms with Crippen LogP contribution in [-0.4, -0.2) is 82.3 Å². The maximum Gasteiger partial charge on any atom is 0.243 e. The predicted octanol–water partition coefficient (Wildman–Crippen LogP) is 1.69. The number of H-pyrrole nitrogens is 1. The van der Waals surface area contributed by atoms with E-state index < -0.39 is 15.8 Å². The summed E-state index contributed by atoms with van der Waals surface area (Å²) < 4.78 is 42.0. The van der Waals surface area contributed by atoms with Crippen LogP contribution in [0.3, 0.4) is 0 Å². The highest BCUT2D eigenvalue weighted by Crippen LogP contribution is 2.27. The molecule has 0 amide bonds. The van der Waals surface area contributed by atoms with E-state index in [1.165, 1.54) is 22.9 Å². The van der Waals surface area contributed by atoms with E-state index in [9.17, 15) is 12.8 Å². The first-order chi connectivity index (χ1) is 16.4. The van der Waals surface area contributed by atoms with Crippen molar-refractivity contribution < 1.29 is 12.8 Å². The minimum absolute atomic E-state index is 0.000313. The smallest absolute Gasteiger partial charge is 0.243 e. The number of anilines is 2. The quantitative estimate of drug-likeness (QED) is 0.572. The van der Waals surface area contributed by atoms with Gasteiger partial charge in [-0.3, -0.25) is 0 Å². The highest BCUT2D eigenvalue weighted by Gasteiger charge is 2.30. The molecule has 0 radical (unpaired) electrons. The zero-order valence-corrected chi connectivity index (χ0v) is 19.6. The Hall–Kier alpha value is -3.19. The zero-order chi connectivity index (χ0) is 23.7. The molecular formula is C21H26FN9O2S. The third-order valence-electron chi connectivity index (χ3n) is 6.46. The van der Waals surface area contributed by atoms with Gasteiger partial charge in [0.1, 0.15) is 5.82 Å². The van der Waals surface area contributed by atoms with Gasteiger partial charge in [-0.05, 0) is 61.7 Å². The number of hydrogen-bond acceptors (Lipinski definition) is 9. The van der Waals surface area contributed by atoms with Crippen LogP contribution in [0.15, 0.2) is 35.2 Å². The molecule has 0 bridgehead atoms. The molecule has 13 heteroatoms. The first-order valence-corrected chi connectivity index (χ1v) is 12.8. The molecule has 0 spiro atoms. The highest BCUT2D eigenvalue weighted by molar-refractivity contribution is 7.89. The van der Waals surface area contributed by atoms with Crippen molar-refractivity contribution in [1.82, 2.24) is 35.1 Å². The van der Waals surface area contributed by atoms with E-state index in [4.69, 9.17) is 0 Å². The lowest BCUT2D eigenvalue weighted by Gasteiger charge is -2.35. The van der Waals surface area contributed by atoms with Gasteiger partial charge in [0.15, 0.2) is 11.6 Å².